The summed E-state index contributed by atoms with van der Waals surface area (Å²) >= 11 is 16.4. The van der Waals surface area contributed by atoms with Crippen LogP contribution in [0.25, 0.3) is 22.2 Å². The van der Waals surface area contributed by atoms with E-state index in [1.54, 1.807) is 79.0 Å². The van der Waals surface area contributed by atoms with Crippen LogP contribution >= 0.6 is 39.1 Å². The first-order valence-electron chi connectivity index (χ1n) is 29.0. The van der Waals surface area contributed by atoms with Crippen LogP contribution in [0.4, 0.5) is 35.9 Å². The molecule has 2 aliphatic heterocycles. The number of amides is 2. The third-order valence-corrected chi connectivity index (χ3v) is 16.3. The molecule has 0 radical (unpaired) electrons. The van der Waals surface area contributed by atoms with Crippen LogP contribution in [0.5, 0.6) is 0 Å². The maximum atomic E-state index is 15.0. The van der Waals surface area contributed by atoms with Gasteiger partial charge in [-0.3, -0.25) is 24.6 Å². The second-order valence-electron chi connectivity index (χ2n) is 24.0. The van der Waals surface area contributed by atoms with E-state index in [-0.39, 0.29) is 41.7 Å². The lowest BCUT2D eigenvalue weighted by Crippen LogP contribution is -2.51. The van der Waals surface area contributed by atoms with Crippen molar-refractivity contribution in [2.45, 2.75) is 90.2 Å². The van der Waals surface area contributed by atoms with Crippen LogP contribution in [0.15, 0.2) is 111 Å². The smallest absolute Gasteiger partial charge is 0.456 e. The molecule has 2 aliphatic carbocycles. The number of hydrogen-bond donors (Lipinski definition) is 1. The minimum absolute atomic E-state index is 0. The molecule has 29 heteroatoms. The number of aliphatic hydroxyl groups is 1. The Labute approximate surface area is 558 Å². The highest BCUT2D eigenvalue weighted by Gasteiger charge is 2.60. The molecule has 2 amide bonds. The number of imidazole rings is 3. The lowest BCUT2D eigenvalue weighted by atomic mass is 9.82. The molecule has 2 fully saturated rings. The highest BCUT2D eigenvalue weighted by Crippen LogP contribution is 2.53. The fourth-order valence-corrected chi connectivity index (χ4v) is 11.7. The van der Waals surface area contributed by atoms with E-state index in [4.69, 9.17) is 37.7 Å². The summed E-state index contributed by atoms with van der Waals surface area (Å²) < 4.78 is 101. The number of esters is 1. The van der Waals surface area contributed by atoms with Gasteiger partial charge in [-0.2, -0.15) is 26.3 Å². The average Bonchev–Trinajstić information content (AvgIpc) is 1.47. The van der Waals surface area contributed by atoms with Crippen LogP contribution in [0.1, 0.15) is 132 Å². The number of ketones is 1. The lowest BCUT2D eigenvalue weighted by Gasteiger charge is -2.40. The SMILES string of the molecule is C.CC(C)(C)OC(=O)N1CCN([C@H]2c3ccc(Cl)cc3C(Br)=Cc3cccnc32)CC1.COC(=O)c1cncn1C.Cn1cncc1C(=O)C(F)(F)F.Cn1cncc1C(O)(C1=Cc2cccnc2[C@@H](N2CCN(C(=O)OC(C)(C)C)CC2)c2ccc(Cl)cc21)C(F)(F)F. The predicted molar refractivity (Wildman–Crippen MR) is 347 cm³/mol. The van der Waals surface area contributed by atoms with Gasteiger partial charge in [0.15, 0.2) is 0 Å². The molecule has 1 unspecified atom stereocenters. The number of piperazine rings is 2. The predicted octanol–water partition coefficient (Wildman–Crippen LogP) is 13.0. The molecule has 94 heavy (non-hydrogen) atoms. The molecular weight excluding hydrogens is 1340 g/mol. The van der Waals surface area contributed by atoms with Gasteiger partial charge in [-0.15, -0.1) is 0 Å². The number of aromatic nitrogens is 8. The van der Waals surface area contributed by atoms with Crippen molar-refractivity contribution in [3.8, 4) is 0 Å². The standard InChI is InChI=1S/C29H31ClF3N5O3.C23H25BrClN3O2.C6H5F3N2O.C6H8N2O2.CH4/c1-27(2,3)41-26(39)38-12-10-37(11-13-38)25-20-8-7-19(30)15-21(20)22(14-18-6-5-9-35-24(18)25)28(40,29(31,32)33)23-16-34-17-36(23)4;1-23(2,3)30-22(29)28-11-9-27(10-12-28)21-17-7-6-16(25)14-18(17)19(24)13-15-5-4-8-26-20(15)21;1-11-3-10-2-4(11)5(12)6(7,8)9;1-8-4-7-3-5(8)6(9)10-2;/h5-9,14-17,25,40H,10-13H2,1-4H3;4-8,13-14,21H,9-12H2,1-3H3;2-3H,1H3;3-4H,1-2H3;1H4/t25-,28?;21-;;;/m00.../s1. The lowest BCUT2D eigenvalue weighted by molar-refractivity contribution is -0.242. The summed E-state index contributed by atoms with van der Waals surface area (Å²) in [5.41, 5.74) is 0.599. The van der Waals surface area contributed by atoms with Crippen LogP contribution < -0.4 is 0 Å². The maximum Gasteiger partial charge on any atom is 0.456 e. The zero-order valence-electron chi connectivity index (χ0n) is 52.4. The third-order valence-electron chi connectivity index (χ3n) is 15.2. The summed E-state index contributed by atoms with van der Waals surface area (Å²) in [5, 5.41) is 12.6. The number of Topliss-reactive ketones (excluding diaryl/α,β-unsaturated/α-hetero) is 1. The van der Waals surface area contributed by atoms with Gasteiger partial charge in [0, 0.05) is 106 Å². The molecule has 2 aromatic carbocycles. The molecule has 0 bridgehead atoms. The molecule has 7 aromatic rings. The number of ether oxygens (including phenoxy) is 3. The van der Waals surface area contributed by atoms with Gasteiger partial charge >= 0.3 is 30.5 Å². The average molecular weight is 1420 g/mol. The summed E-state index contributed by atoms with van der Waals surface area (Å²) in [6, 6.07) is 17.5. The molecule has 11 rings (SSSR count). The number of alkyl halides is 6. The zero-order chi connectivity index (χ0) is 68.1. The normalized spacial score (nSPS) is 17.2. The van der Waals surface area contributed by atoms with Crippen LogP contribution in [0, 0.1) is 0 Å². The number of hydrogen-bond acceptors (Lipinski definition) is 15. The number of nitrogens with zero attached hydrogens (tertiary/aromatic N) is 12. The Bertz CT molecular complexity index is 3920. The Morgan fingerprint density at radius 1 is 0.596 bits per heavy atom. The van der Waals surface area contributed by atoms with Gasteiger partial charge in [-0.25, -0.2) is 29.3 Å². The van der Waals surface area contributed by atoms with E-state index in [1.807, 2.05) is 45.2 Å². The highest BCUT2D eigenvalue weighted by atomic mass is 79.9. The molecule has 4 aliphatic rings. The van der Waals surface area contributed by atoms with Gasteiger partial charge in [-0.05, 0) is 123 Å². The number of carbonyl (C=O) groups excluding carboxylic acids is 4. The second-order valence-corrected chi connectivity index (χ2v) is 25.7. The first-order valence-corrected chi connectivity index (χ1v) is 30.6. The summed E-state index contributed by atoms with van der Waals surface area (Å²) in [6.07, 6.45) is 3.54. The van der Waals surface area contributed by atoms with E-state index < -0.39 is 58.5 Å². The first-order chi connectivity index (χ1) is 43.6. The quantitative estimate of drug-likeness (QED) is 0.0711. The van der Waals surface area contributed by atoms with Crippen molar-refractivity contribution in [3.05, 3.63) is 183 Å². The molecule has 7 heterocycles. The Balaban J connectivity index is 0.000000204. The molecule has 0 saturated carbocycles. The van der Waals surface area contributed by atoms with Crippen LogP contribution in [0.2, 0.25) is 10.0 Å². The number of fused-ring (bicyclic) bond motifs is 4. The summed E-state index contributed by atoms with van der Waals surface area (Å²) in [6.45, 7) is 15.3. The Hall–Kier alpha value is -7.95. The molecular formula is C65H73BrCl2F6N12O8. The van der Waals surface area contributed by atoms with Crippen molar-refractivity contribution in [1.82, 2.24) is 58.2 Å². The molecule has 0 spiro atoms. The fourth-order valence-electron chi connectivity index (χ4n) is 10.8. The van der Waals surface area contributed by atoms with Gasteiger partial charge < -0.3 is 42.8 Å². The Kier molecular flexibility index (Phi) is 23.3. The number of aryl methyl sites for hydroxylation is 3. The zero-order valence-corrected chi connectivity index (χ0v) is 55.5. The van der Waals surface area contributed by atoms with E-state index >= 15 is 0 Å². The van der Waals surface area contributed by atoms with Crippen molar-refractivity contribution in [2.75, 3.05) is 59.5 Å². The second kappa shape index (κ2) is 29.8. The minimum atomic E-state index is -5.10. The number of carbonyl (C=O) groups is 4. The van der Waals surface area contributed by atoms with Crippen molar-refractivity contribution in [3.63, 3.8) is 0 Å². The van der Waals surface area contributed by atoms with Crippen LogP contribution in [-0.4, -0.2) is 170 Å². The molecule has 5 aromatic heterocycles. The number of methoxy groups -OCH3 is 1. The topological polar surface area (TPSA) is 208 Å². The molecule has 2 saturated heterocycles. The molecule has 504 valence electrons. The van der Waals surface area contributed by atoms with Crippen LogP contribution in [0.3, 0.4) is 0 Å². The van der Waals surface area contributed by atoms with Gasteiger partial charge in [-0.1, -0.05) is 70.8 Å². The minimum Gasteiger partial charge on any atom is -0.464 e. The van der Waals surface area contributed by atoms with Gasteiger partial charge in [0.25, 0.3) is 5.78 Å². The maximum absolute atomic E-state index is 15.0. The number of halogens is 9. The van der Waals surface area contributed by atoms with Crippen molar-refractivity contribution in [2.24, 2.45) is 21.1 Å². The van der Waals surface area contributed by atoms with E-state index in [2.05, 4.69) is 68.6 Å². The van der Waals surface area contributed by atoms with Crippen LogP contribution in [-0.2, 0) is 41.0 Å². The first kappa shape index (κ1) is 73.5. The number of benzene rings is 2. The van der Waals surface area contributed by atoms with Gasteiger partial charge in [0.2, 0.25) is 5.60 Å². The monoisotopic (exact) mass is 1410 g/mol. The summed E-state index contributed by atoms with van der Waals surface area (Å²) in [4.78, 5) is 74.8. The third kappa shape index (κ3) is 16.9. The van der Waals surface area contributed by atoms with Crippen molar-refractivity contribution >= 4 is 85.3 Å². The molecule has 20 nitrogen and oxygen atoms in total. The largest absolute Gasteiger partial charge is 0.464 e. The van der Waals surface area contributed by atoms with E-state index in [9.17, 15) is 50.6 Å². The summed E-state index contributed by atoms with van der Waals surface area (Å²) in [7, 11) is 5.80. The van der Waals surface area contributed by atoms with E-state index in [1.165, 1.54) is 45.9 Å². The van der Waals surface area contributed by atoms with Crippen molar-refractivity contribution < 1.29 is 64.8 Å². The molecule has 1 N–H and O–H groups in total. The van der Waals surface area contributed by atoms with E-state index in [0.717, 1.165) is 67.8 Å². The molecule has 3 atom stereocenters. The number of rotatable bonds is 6. The summed E-state index contributed by atoms with van der Waals surface area (Å²) in [5.74, 6) is -2.23. The highest BCUT2D eigenvalue weighted by molar-refractivity contribution is 9.15. The Morgan fingerprint density at radius 2 is 1.02 bits per heavy atom. The van der Waals surface area contributed by atoms with Gasteiger partial charge in [0.05, 0.1) is 73.8 Å². The van der Waals surface area contributed by atoms with Gasteiger partial charge in [0.1, 0.15) is 22.6 Å². The fraction of sp³-hybridized carbons (Fsp3) is 0.400. The Morgan fingerprint density at radius 3 is 1.43 bits per heavy atom. The van der Waals surface area contributed by atoms with E-state index in [0.29, 0.717) is 66.8 Å². The van der Waals surface area contributed by atoms with Crippen molar-refractivity contribution in [1.29, 1.82) is 0 Å². The number of pyridine rings is 2.